The highest BCUT2D eigenvalue weighted by molar-refractivity contribution is 7.18. The minimum Gasteiger partial charge on any atom is -0.375 e. The Morgan fingerprint density at radius 1 is 1.06 bits per heavy atom. The first-order valence-electron chi connectivity index (χ1n) is 9.75. The molecule has 3 N–H and O–H groups in total. The van der Waals surface area contributed by atoms with E-state index in [1.165, 1.54) is 11.3 Å². The lowest BCUT2D eigenvalue weighted by atomic mass is 10.2. The van der Waals surface area contributed by atoms with Gasteiger partial charge in [-0.05, 0) is 74.9 Å². The highest BCUT2D eigenvalue weighted by Crippen LogP contribution is 2.27. The van der Waals surface area contributed by atoms with Crippen molar-refractivity contribution in [1.29, 1.82) is 0 Å². The molecule has 1 amide bonds. The summed E-state index contributed by atoms with van der Waals surface area (Å²) in [6.07, 6.45) is 0. The molecule has 31 heavy (non-hydrogen) atoms. The van der Waals surface area contributed by atoms with Gasteiger partial charge in [-0.1, -0.05) is 11.6 Å². The molecule has 2 aromatic carbocycles. The van der Waals surface area contributed by atoms with Crippen LogP contribution in [0.5, 0.6) is 0 Å². The lowest BCUT2D eigenvalue weighted by Crippen LogP contribution is -2.17. The average Bonchev–Trinajstić information content (AvgIpc) is 3.04. The van der Waals surface area contributed by atoms with Crippen LogP contribution in [-0.4, -0.2) is 15.9 Å². The lowest BCUT2D eigenvalue weighted by molar-refractivity contribution is 0.102. The van der Waals surface area contributed by atoms with Gasteiger partial charge < -0.3 is 15.6 Å². The lowest BCUT2D eigenvalue weighted by Gasteiger charge is -2.15. The van der Waals surface area contributed by atoms with Gasteiger partial charge in [0.25, 0.3) is 11.5 Å². The number of aryl methyl sites for hydroxylation is 2. The maximum absolute atomic E-state index is 12.5. The second-order valence-corrected chi connectivity index (χ2v) is 8.96. The van der Waals surface area contributed by atoms with Crippen LogP contribution >= 0.6 is 22.9 Å². The summed E-state index contributed by atoms with van der Waals surface area (Å²) < 4.78 is 0. The number of benzene rings is 2. The Labute approximate surface area is 188 Å². The van der Waals surface area contributed by atoms with Gasteiger partial charge in [0.1, 0.15) is 10.7 Å². The first-order chi connectivity index (χ1) is 14.8. The maximum atomic E-state index is 12.5. The van der Waals surface area contributed by atoms with Crippen molar-refractivity contribution in [2.75, 3.05) is 10.6 Å². The van der Waals surface area contributed by atoms with Crippen molar-refractivity contribution >= 4 is 50.4 Å². The van der Waals surface area contributed by atoms with Gasteiger partial charge in [-0.25, -0.2) is 4.98 Å². The van der Waals surface area contributed by atoms with Gasteiger partial charge in [-0.3, -0.25) is 9.59 Å². The zero-order valence-corrected chi connectivity index (χ0v) is 18.8. The van der Waals surface area contributed by atoms with Crippen LogP contribution in [0.1, 0.15) is 39.6 Å². The smallest absolute Gasteiger partial charge is 0.259 e. The fourth-order valence-electron chi connectivity index (χ4n) is 3.25. The van der Waals surface area contributed by atoms with Gasteiger partial charge in [-0.15, -0.1) is 11.3 Å². The summed E-state index contributed by atoms with van der Waals surface area (Å²) >= 11 is 7.39. The van der Waals surface area contributed by atoms with Crippen molar-refractivity contribution in [2.24, 2.45) is 0 Å². The molecule has 2 heterocycles. The molecular formula is C23H21ClN4O2S. The number of rotatable bonds is 5. The molecule has 8 heteroatoms. The minimum atomic E-state index is -0.206. The maximum Gasteiger partial charge on any atom is 0.259 e. The zero-order chi connectivity index (χ0) is 22.1. The number of carbonyl (C=O) groups excluding carboxylic acids is 1. The van der Waals surface area contributed by atoms with Crippen molar-refractivity contribution < 1.29 is 4.79 Å². The highest BCUT2D eigenvalue weighted by atomic mass is 35.5. The van der Waals surface area contributed by atoms with Crippen molar-refractivity contribution in [2.45, 2.75) is 26.8 Å². The van der Waals surface area contributed by atoms with Crippen LogP contribution < -0.4 is 16.2 Å². The third kappa shape index (κ3) is 4.47. The van der Waals surface area contributed by atoms with Gasteiger partial charge in [0.05, 0.1) is 11.4 Å². The predicted molar refractivity (Wildman–Crippen MR) is 128 cm³/mol. The summed E-state index contributed by atoms with van der Waals surface area (Å²) in [6.45, 7) is 5.88. The van der Waals surface area contributed by atoms with E-state index in [2.05, 4.69) is 20.6 Å². The van der Waals surface area contributed by atoms with Crippen molar-refractivity contribution in [3.8, 4) is 0 Å². The largest absolute Gasteiger partial charge is 0.375 e. The Kier molecular flexibility index (Phi) is 5.80. The number of nitrogens with zero attached hydrogens (tertiary/aromatic N) is 1. The number of nitrogens with one attached hydrogen (secondary N) is 3. The molecule has 0 radical (unpaired) electrons. The molecule has 0 aliphatic rings. The number of H-pyrrole nitrogens is 1. The highest BCUT2D eigenvalue weighted by Gasteiger charge is 2.15. The second-order valence-electron chi connectivity index (χ2n) is 7.32. The van der Waals surface area contributed by atoms with Gasteiger partial charge in [0, 0.05) is 26.8 Å². The van der Waals surface area contributed by atoms with E-state index in [9.17, 15) is 9.59 Å². The van der Waals surface area contributed by atoms with Crippen LogP contribution in [0.25, 0.3) is 10.2 Å². The van der Waals surface area contributed by atoms with Crippen molar-refractivity contribution in [3.05, 3.63) is 85.7 Å². The fourth-order valence-corrected chi connectivity index (χ4v) is 4.41. The first kappa shape index (κ1) is 21.1. The van der Waals surface area contributed by atoms with Crippen LogP contribution in [0.2, 0.25) is 5.02 Å². The van der Waals surface area contributed by atoms with E-state index in [4.69, 9.17) is 11.6 Å². The van der Waals surface area contributed by atoms with Crippen LogP contribution in [0, 0.1) is 13.8 Å². The summed E-state index contributed by atoms with van der Waals surface area (Å²) in [5.41, 5.74) is 2.92. The second kappa shape index (κ2) is 8.53. The Morgan fingerprint density at radius 2 is 1.71 bits per heavy atom. The molecule has 1 atom stereocenters. The number of hydrogen-bond donors (Lipinski definition) is 3. The number of hydrogen-bond acceptors (Lipinski definition) is 5. The number of amides is 1. The van der Waals surface area contributed by atoms with E-state index in [0.717, 1.165) is 21.0 Å². The average molecular weight is 453 g/mol. The number of aromatic nitrogens is 2. The Morgan fingerprint density at radius 3 is 2.39 bits per heavy atom. The Bertz CT molecular complexity index is 1310. The quantitative estimate of drug-likeness (QED) is 0.363. The summed E-state index contributed by atoms with van der Waals surface area (Å²) in [5, 5.41) is 7.44. The molecule has 0 saturated heterocycles. The summed E-state index contributed by atoms with van der Waals surface area (Å²) in [5.74, 6) is 0.376. The van der Waals surface area contributed by atoms with E-state index in [0.29, 0.717) is 27.5 Å². The van der Waals surface area contributed by atoms with Crippen molar-refractivity contribution in [1.82, 2.24) is 9.97 Å². The summed E-state index contributed by atoms with van der Waals surface area (Å²) in [6, 6.07) is 13.9. The molecule has 0 aliphatic carbocycles. The van der Waals surface area contributed by atoms with Gasteiger partial charge >= 0.3 is 0 Å². The molecule has 1 unspecified atom stereocenters. The molecule has 0 saturated carbocycles. The molecule has 158 valence electrons. The monoisotopic (exact) mass is 452 g/mol. The molecule has 0 aliphatic heterocycles. The van der Waals surface area contributed by atoms with Crippen LogP contribution in [-0.2, 0) is 0 Å². The zero-order valence-electron chi connectivity index (χ0n) is 17.2. The SMILES string of the molecule is Cc1sc2nc(C(C)Nc3ccc(NC(=O)c4ccc(Cl)cc4)cc3)[nH]c(=O)c2c1C. The number of carbonyl (C=O) groups is 1. The summed E-state index contributed by atoms with van der Waals surface area (Å²) in [7, 11) is 0. The van der Waals surface area contributed by atoms with E-state index in [1.807, 2.05) is 45.0 Å². The van der Waals surface area contributed by atoms with Gasteiger partial charge in [0.2, 0.25) is 0 Å². The standard InChI is InChI=1S/C23H21ClN4O2S/c1-12-14(3)31-23-19(12)22(30)27-20(28-23)13(2)25-17-8-10-18(11-9-17)26-21(29)15-4-6-16(24)7-5-15/h4-11,13,25H,1-3H3,(H,26,29)(H,27,28,30). The van der Waals surface area contributed by atoms with E-state index in [-0.39, 0.29) is 17.5 Å². The molecule has 4 aromatic rings. The Hall–Kier alpha value is -3.16. The normalized spacial score (nSPS) is 12.0. The van der Waals surface area contributed by atoms with E-state index < -0.39 is 0 Å². The molecule has 6 nitrogen and oxygen atoms in total. The van der Waals surface area contributed by atoms with E-state index in [1.54, 1.807) is 24.3 Å². The third-order valence-electron chi connectivity index (χ3n) is 5.10. The van der Waals surface area contributed by atoms with Crippen molar-refractivity contribution in [3.63, 3.8) is 0 Å². The van der Waals surface area contributed by atoms with Crippen LogP contribution in [0.3, 0.4) is 0 Å². The van der Waals surface area contributed by atoms with Gasteiger partial charge in [-0.2, -0.15) is 0 Å². The number of halogens is 1. The molecule has 2 aromatic heterocycles. The number of fused-ring (bicyclic) bond motifs is 1. The Balaban J connectivity index is 1.46. The fraction of sp³-hybridized carbons (Fsp3) is 0.174. The summed E-state index contributed by atoms with van der Waals surface area (Å²) in [4.78, 5) is 34.2. The predicted octanol–water partition coefficient (Wildman–Crippen LogP) is 5.68. The van der Waals surface area contributed by atoms with E-state index >= 15 is 0 Å². The van der Waals surface area contributed by atoms with Gasteiger partial charge in [0.15, 0.2) is 0 Å². The number of thiophene rings is 1. The first-order valence-corrected chi connectivity index (χ1v) is 10.9. The topological polar surface area (TPSA) is 86.9 Å². The molecule has 0 bridgehead atoms. The number of anilines is 2. The molecule has 0 fully saturated rings. The third-order valence-corrected chi connectivity index (χ3v) is 6.45. The molecule has 4 rings (SSSR count). The molecule has 0 spiro atoms. The minimum absolute atomic E-state index is 0.115. The molecular weight excluding hydrogens is 432 g/mol. The van der Waals surface area contributed by atoms with Crippen LogP contribution in [0.15, 0.2) is 53.3 Å². The number of aromatic amines is 1. The van der Waals surface area contributed by atoms with Crippen LogP contribution in [0.4, 0.5) is 11.4 Å².